The molecule has 9 nitrogen and oxygen atoms in total. The van der Waals surface area contributed by atoms with E-state index in [1.165, 1.54) is 6.92 Å². The lowest BCUT2D eigenvalue weighted by Gasteiger charge is -2.36. The van der Waals surface area contributed by atoms with Crippen molar-refractivity contribution in [3.05, 3.63) is 120 Å². The first kappa shape index (κ1) is 27.1. The number of hydrogen-bond acceptors (Lipinski definition) is 8. The Balaban J connectivity index is 1.37. The second-order valence-corrected chi connectivity index (χ2v) is 12.2. The number of carbonyl (C=O) groups is 3. The number of β-lactam (4-membered cyclic amide) rings is 1. The third-order valence-corrected chi connectivity index (χ3v) is 9.74. The van der Waals surface area contributed by atoms with Gasteiger partial charge in [-0.05, 0) is 23.6 Å². The Labute approximate surface area is 231 Å². The molecule has 206 valence electrons. The van der Waals surface area contributed by atoms with Crippen LogP contribution in [0.15, 0.2) is 103 Å². The fraction of sp³-hybridized carbons (Fsp3) is 0.233. The lowest BCUT2D eigenvalue weighted by Crippen LogP contribution is -2.55. The molecule has 0 aromatic heterocycles. The average Bonchev–Trinajstić information content (AvgIpc) is 3.09. The maximum absolute atomic E-state index is 13.4. The summed E-state index contributed by atoms with van der Waals surface area (Å²) >= 11 is 0. The van der Waals surface area contributed by atoms with Crippen molar-refractivity contribution in [1.29, 1.82) is 0 Å². The van der Waals surface area contributed by atoms with Crippen molar-refractivity contribution >= 4 is 27.9 Å². The third kappa shape index (κ3) is 5.10. The molecule has 1 amide bonds. The van der Waals surface area contributed by atoms with E-state index < -0.39 is 50.3 Å². The molecule has 0 unspecified atom stereocenters. The van der Waals surface area contributed by atoms with Gasteiger partial charge in [0, 0.05) is 6.08 Å². The van der Waals surface area contributed by atoms with Gasteiger partial charge in [0.2, 0.25) is 12.1 Å². The number of nitrogens with zero attached hydrogens (tertiary/aromatic N) is 1. The molecule has 3 aromatic rings. The second-order valence-electron chi connectivity index (χ2n) is 9.65. The number of amides is 1. The van der Waals surface area contributed by atoms with Crippen LogP contribution in [-0.4, -0.2) is 47.7 Å². The van der Waals surface area contributed by atoms with E-state index in [1.54, 1.807) is 72.8 Å². The van der Waals surface area contributed by atoms with E-state index in [1.807, 2.05) is 18.2 Å². The molecule has 2 heterocycles. The fourth-order valence-corrected chi connectivity index (χ4v) is 6.99. The summed E-state index contributed by atoms with van der Waals surface area (Å²) in [7, 11) is -4.07. The van der Waals surface area contributed by atoms with Crippen molar-refractivity contribution < 1.29 is 37.0 Å². The fourth-order valence-electron chi connectivity index (χ4n) is 4.81. The van der Waals surface area contributed by atoms with Gasteiger partial charge in [-0.2, -0.15) is 0 Å². The van der Waals surface area contributed by atoms with Crippen molar-refractivity contribution in [2.24, 2.45) is 0 Å². The third-order valence-electron chi connectivity index (χ3n) is 7.06. The molecule has 0 radical (unpaired) electrons. The number of sulfone groups is 1. The molecule has 0 saturated carbocycles. The quantitative estimate of drug-likeness (QED) is 0.227. The molecule has 3 atom stereocenters. The second kappa shape index (κ2) is 11.0. The molecule has 2 aliphatic heterocycles. The van der Waals surface area contributed by atoms with Gasteiger partial charge in [0.05, 0.1) is 6.42 Å². The van der Waals surface area contributed by atoms with Crippen LogP contribution in [0.5, 0.6) is 0 Å². The summed E-state index contributed by atoms with van der Waals surface area (Å²) in [4.78, 5) is 39.0. The van der Waals surface area contributed by atoms with Crippen LogP contribution in [0.1, 0.15) is 36.1 Å². The maximum atomic E-state index is 13.4. The molecule has 2 fully saturated rings. The van der Waals surface area contributed by atoms with Crippen LogP contribution in [0.4, 0.5) is 4.79 Å². The van der Waals surface area contributed by atoms with Gasteiger partial charge in [0.1, 0.15) is 16.7 Å². The van der Waals surface area contributed by atoms with Crippen LogP contribution in [0.2, 0.25) is 0 Å². The van der Waals surface area contributed by atoms with E-state index in [0.717, 1.165) is 22.6 Å². The van der Waals surface area contributed by atoms with Gasteiger partial charge in [0.25, 0.3) is 0 Å². The minimum atomic E-state index is -4.07. The number of esters is 1. The van der Waals surface area contributed by atoms with Gasteiger partial charge < -0.3 is 14.2 Å². The van der Waals surface area contributed by atoms with Gasteiger partial charge >= 0.3 is 12.1 Å². The minimum Gasteiger partial charge on any atom is -0.458 e. The Hall–Kier alpha value is -4.44. The molecule has 0 spiro atoms. The first-order valence-corrected chi connectivity index (χ1v) is 14.2. The smallest absolute Gasteiger partial charge is 0.458 e. The van der Waals surface area contributed by atoms with Crippen molar-refractivity contribution in [1.82, 2.24) is 4.90 Å². The topological polar surface area (TPSA) is 116 Å². The van der Waals surface area contributed by atoms with Gasteiger partial charge in [-0.25, -0.2) is 18.0 Å². The van der Waals surface area contributed by atoms with Gasteiger partial charge in [0.15, 0.2) is 15.9 Å². The molecule has 0 bridgehead atoms. The van der Waals surface area contributed by atoms with E-state index in [0.29, 0.717) is 11.1 Å². The summed E-state index contributed by atoms with van der Waals surface area (Å²) in [6, 6.07) is 27.0. The SMILES string of the molecule is C[C@]1(/C=C/C(=O)OCc2ccccc2)[C@H](OC(=O)OC(c2ccccc2)c2ccccc2)N2C(=O)C[C@H]2S1(=O)=O. The van der Waals surface area contributed by atoms with Crippen molar-refractivity contribution in [3.63, 3.8) is 0 Å². The lowest BCUT2D eigenvalue weighted by molar-refractivity contribution is -0.157. The molecule has 10 heteroatoms. The predicted molar refractivity (Wildman–Crippen MR) is 144 cm³/mol. The van der Waals surface area contributed by atoms with E-state index >= 15 is 0 Å². The first-order valence-electron chi connectivity index (χ1n) is 12.6. The maximum Gasteiger partial charge on any atom is 0.511 e. The van der Waals surface area contributed by atoms with Crippen LogP contribution in [-0.2, 0) is 40.2 Å². The van der Waals surface area contributed by atoms with E-state index in [9.17, 15) is 22.8 Å². The van der Waals surface area contributed by atoms with Gasteiger partial charge in [-0.3, -0.25) is 9.69 Å². The Morgan fingerprint density at radius 1 is 0.950 bits per heavy atom. The zero-order chi connectivity index (χ0) is 28.3. The first-order chi connectivity index (χ1) is 19.2. The van der Waals surface area contributed by atoms with Crippen LogP contribution in [0, 0.1) is 0 Å². The van der Waals surface area contributed by atoms with Crippen molar-refractivity contribution in [3.8, 4) is 0 Å². The van der Waals surface area contributed by atoms with E-state index in [2.05, 4.69) is 0 Å². The largest absolute Gasteiger partial charge is 0.511 e. The molecule has 0 N–H and O–H groups in total. The molecule has 5 rings (SSSR count). The van der Waals surface area contributed by atoms with Crippen molar-refractivity contribution in [2.75, 3.05) is 0 Å². The summed E-state index contributed by atoms with van der Waals surface area (Å²) in [5.41, 5.74) is 2.10. The highest BCUT2D eigenvalue weighted by Gasteiger charge is 2.68. The standard InChI is InChI=1S/C30H27NO8S/c1-30(18-17-26(33)37-20-21-11-5-2-6-12-21)28(31-24(32)19-25(31)40(30,35)36)39-29(34)38-27(22-13-7-3-8-14-22)23-15-9-4-10-16-23/h2-18,25,27-28H,19-20H2,1H3/b18-17+/t25-,28+,30+/m1/s1. The van der Waals surface area contributed by atoms with Crippen molar-refractivity contribution in [2.45, 2.75) is 42.4 Å². The number of rotatable bonds is 8. The highest BCUT2D eigenvalue weighted by molar-refractivity contribution is 7.94. The summed E-state index contributed by atoms with van der Waals surface area (Å²) in [6.07, 6.45) is -1.69. The number of carbonyl (C=O) groups excluding carboxylic acids is 3. The number of ether oxygens (including phenoxy) is 3. The minimum absolute atomic E-state index is 0.00662. The molecule has 3 aromatic carbocycles. The molecular weight excluding hydrogens is 534 g/mol. The average molecular weight is 562 g/mol. The van der Waals surface area contributed by atoms with Gasteiger partial charge in [-0.1, -0.05) is 97.1 Å². The molecule has 40 heavy (non-hydrogen) atoms. The van der Waals surface area contributed by atoms with Crippen LogP contribution in [0.3, 0.4) is 0 Å². The Bertz CT molecular complexity index is 1490. The lowest BCUT2D eigenvalue weighted by atomic mass is 10.0. The zero-order valence-electron chi connectivity index (χ0n) is 21.6. The highest BCUT2D eigenvalue weighted by Crippen LogP contribution is 2.47. The molecule has 2 aliphatic rings. The monoisotopic (exact) mass is 561 g/mol. The summed E-state index contributed by atoms with van der Waals surface area (Å²) in [6.45, 7) is 1.30. The highest BCUT2D eigenvalue weighted by atomic mass is 32.2. The Morgan fingerprint density at radius 2 is 1.50 bits per heavy atom. The molecular formula is C30H27NO8S. The number of benzene rings is 3. The number of hydrogen-bond donors (Lipinski definition) is 0. The normalized spacial score (nSPS) is 22.9. The van der Waals surface area contributed by atoms with Crippen LogP contribution in [0.25, 0.3) is 0 Å². The Morgan fingerprint density at radius 3 is 2.05 bits per heavy atom. The summed E-state index contributed by atoms with van der Waals surface area (Å²) in [5, 5.41) is -1.17. The van der Waals surface area contributed by atoms with Crippen LogP contribution >= 0.6 is 0 Å². The molecule has 0 aliphatic carbocycles. The summed E-state index contributed by atoms with van der Waals surface area (Å²) in [5.74, 6) is -1.27. The zero-order valence-corrected chi connectivity index (χ0v) is 22.4. The molecule has 2 saturated heterocycles. The predicted octanol–water partition coefficient (Wildman–Crippen LogP) is 4.30. The van der Waals surface area contributed by atoms with E-state index in [4.69, 9.17) is 14.2 Å². The van der Waals surface area contributed by atoms with E-state index in [-0.39, 0.29) is 13.0 Å². The summed E-state index contributed by atoms with van der Waals surface area (Å²) < 4.78 is 41.5. The Kier molecular flexibility index (Phi) is 7.44. The van der Waals surface area contributed by atoms with Gasteiger partial charge in [-0.15, -0.1) is 0 Å². The number of fused-ring (bicyclic) bond motifs is 1. The van der Waals surface area contributed by atoms with Crippen LogP contribution < -0.4 is 0 Å².